The normalized spacial score (nSPS) is 16.8. The van der Waals surface area contributed by atoms with Crippen LogP contribution >= 0.6 is 15.9 Å². The lowest BCUT2D eigenvalue weighted by Gasteiger charge is -2.35. The van der Waals surface area contributed by atoms with Crippen LogP contribution in [0.1, 0.15) is 0 Å². The summed E-state index contributed by atoms with van der Waals surface area (Å²) in [6.07, 6.45) is -0.727. The number of anilines is 1. The second-order valence-electron chi connectivity index (χ2n) is 5.54. The Bertz CT molecular complexity index is 956. The summed E-state index contributed by atoms with van der Waals surface area (Å²) in [5.74, 6) is -1.82. The van der Waals surface area contributed by atoms with Crippen molar-refractivity contribution in [1.82, 2.24) is 0 Å². The minimum absolute atomic E-state index is 0.00625. The molecular weight excluding hydrogens is 434 g/mol. The standard InChI is InChI=1S/C16H15BrF2N2O4S/c1-24-15-6-11(2-3-12(15)18)26(22,23)21-8-10(7-20)25-16-13(19)4-9(17)5-14(16)21/h2-6,10H,7-8,20H2,1H3/t10-/m0/s1. The molecule has 1 atom stereocenters. The molecule has 2 N–H and O–H groups in total. The molecule has 1 aliphatic rings. The molecule has 0 saturated carbocycles. The Morgan fingerprint density at radius 2 is 2.04 bits per heavy atom. The second-order valence-corrected chi connectivity index (χ2v) is 8.32. The summed E-state index contributed by atoms with van der Waals surface area (Å²) >= 11 is 3.14. The quantitative estimate of drug-likeness (QED) is 0.777. The Morgan fingerprint density at radius 1 is 1.31 bits per heavy atom. The van der Waals surface area contributed by atoms with E-state index in [0.29, 0.717) is 4.47 Å². The van der Waals surface area contributed by atoms with Crippen LogP contribution in [0.15, 0.2) is 39.7 Å². The number of nitrogens with two attached hydrogens (primary N) is 1. The zero-order valence-electron chi connectivity index (χ0n) is 13.6. The first-order valence-corrected chi connectivity index (χ1v) is 9.73. The first-order chi connectivity index (χ1) is 12.3. The Balaban J connectivity index is 2.16. The van der Waals surface area contributed by atoms with Crippen molar-refractivity contribution in [3.05, 3.63) is 46.4 Å². The number of benzene rings is 2. The molecule has 140 valence electrons. The number of ether oxygens (including phenoxy) is 2. The van der Waals surface area contributed by atoms with Gasteiger partial charge < -0.3 is 15.2 Å². The second kappa shape index (κ2) is 7.01. The molecule has 0 aliphatic carbocycles. The van der Waals surface area contributed by atoms with Gasteiger partial charge in [-0.2, -0.15) is 0 Å². The zero-order chi connectivity index (χ0) is 19.1. The molecule has 0 bridgehead atoms. The van der Waals surface area contributed by atoms with Crippen molar-refractivity contribution in [2.24, 2.45) is 5.73 Å². The maximum Gasteiger partial charge on any atom is 0.264 e. The van der Waals surface area contributed by atoms with E-state index < -0.39 is 27.8 Å². The maximum atomic E-state index is 14.3. The highest BCUT2D eigenvalue weighted by molar-refractivity contribution is 9.10. The third-order valence-corrected chi connectivity index (χ3v) is 6.12. The number of methoxy groups -OCH3 is 1. The average molecular weight is 449 g/mol. The van der Waals surface area contributed by atoms with Crippen LogP contribution in [0.4, 0.5) is 14.5 Å². The van der Waals surface area contributed by atoms with Gasteiger partial charge in [0.2, 0.25) is 0 Å². The third-order valence-electron chi connectivity index (χ3n) is 3.88. The van der Waals surface area contributed by atoms with Gasteiger partial charge in [0.25, 0.3) is 10.0 Å². The van der Waals surface area contributed by atoms with Crippen LogP contribution < -0.4 is 19.5 Å². The van der Waals surface area contributed by atoms with Crippen LogP contribution in [0.5, 0.6) is 11.5 Å². The van der Waals surface area contributed by atoms with Gasteiger partial charge in [0.15, 0.2) is 23.1 Å². The van der Waals surface area contributed by atoms with Crippen molar-refractivity contribution in [1.29, 1.82) is 0 Å². The molecule has 1 heterocycles. The number of sulfonamides is 1. The summed E-state index contributed by atoms with van der Waals surface area (Å²) in [5.41, 5.74) is 5.63. The number of hydrogen-bond acceptors (Lipinski definition) is 5. The van der Waals surface area contributed by atoms with Crippen LogP contribution in [-0.4, -0.2) is 34.7 Å². The van der Waals surface area contributed by atoms with Crippen molar-refractivity contribution in [3.63, 3.8) is 0 Å². The highest BCUT2D eigenvalue weighted by Crippen LogP contribution is 2.41. The Hall–Kier alpha value is -1.91. The van der Waals surface area contributed by atoms with Crippen LogP contribution in [0.2, 0.25) is 0 Å². The van der Waals surface area contributed by atoms with Crippen molar-refractivity contribution < 1.29 is 26.7 Å². The first kappa shape index (κ1) is 18.9. The monoisotopic (exact) mass is 448 g/mol. The Labute approximate surface area is 157 Å². The third kappa shape index (κ3) is 3.24. The summed E-state index contributed by atoms with van der Waals surface area (Å²) in [4.78, 5) is -0.195. The highest BCUT2D eigenvalue weighted by Gasteiger charge is 2.36. The summed E-state index contributed by atoms with van der Waals surface area (Å²) < 4.78 is 65.9. The van der Waals surface area contributed by atoms with Crippen molar-refractivity contribution >= 4 is 31.6 Å². The van der Waals surface area contributed by atoms with E-state index in [-0.39, 0.29) is 35.2 Å². The SMILES string of the molecule is COc1cc(S(=O)(=O)N2C[C@H](CN)Oc3c(F)cc(Br)cc32)ccc1F. The van der Waals surface area contributed by atoms with Gasteiger partial charge >= 0.3 is 0 Å². The van der Waals surface area contributed by atoms with Gasteiger partial charge in [-0.25, -0.2) is 17.2 Å². The van der Waals surface area contributed by atoms with Gasteiger partial charge in [-0.3, -0.25) is 4.31 Å². The van der Waals surface area contributed by atoms with E-state index >= 15 is 0 Å². The molecule has 0 radical (unpaired) electrons. The summed E-state index contributed by atoms with van der Waals surface area (Å²) in [5, 5.41) is 0. The number of fused-ring (bicyclic) bond motifs is 1. The summed E-state index contributed by atoms with van der Waals surface area (Å²) in [7, 11) is -2.91. The smallest absolute Gasteiger partial charge is 0.264 e. The zero-order valence-corrected chi connectivity index (χ0v) is 16.0. The average Bonchev–Trinajstić information content (AvgIpc) is 2.61. The molecule has 0 amide bonds. The topological polar surface area (TPSA) is 81.9 Å². The number of nitrogens with zero attached hydrogens (tertiary/aromatic N) is 1. The largest absolute Gasteiger partial charge is 0.494 e. The molecule has 0 spiro atoms. The molecular formula is C16H15BrF2N2O4S. The lowest BCUT2D eigenvalue weighted by atomic mass is 10.2. The number of hydrogen-bond donors (Lipinski definition) is 1. The fourth-order valence-electron chi connectivity index (χ4n) is 2.61. The van der Waals surface area contributed by atoms with Gasteiger partial charge in [0.1, 0.15) is 6.10 Å². The number of rotatable bonds is 4. The lowest BCUT2D eigenvalue weighted by Crippen LogP contribution is -2.46. The minimum Gasteiger partial charge on any atom is -0.494 e. The van der Waals surface area contributed by atoms with E-state index in [9.17, 15) is 17.2 Å². The van der Waals surface area contributed by atoms with Gasteiger partial charge in [0.05, 0.1) is 24.2 Å². The molecule has 0 unspecified atom stereocenters. The summed E-state index contributed by atoms with van der Waals surface area (Å²) in [6, 6.07) is 5.79. The van der Waals surface area contributed by atoms with E-state index in [4.69, 9.17) is 15.2 Å². The van der Waals surface area contributed by atoms with Gasteiger partial charge in [0, 0.05) is 17.1 Å². The van der Waals surface area contributed by atoms with Crippen molar-refractivity contribution in [3.8, 4) is 11.5 Å². The van der Waals surface area contributed by atoms with E-state index in [1.54, 1.807) is 0 Å². The molecule has 0 fully saturated rings. The predicted molar refractivity (Wildman–Crippen MR) is 95.1 cm³/mol. The van der Waals surface area contributed by atoms with Gasteiger partial charge in [-0.1, -0.05) is 15.9 Å². The van der Waals surface area contributed by atoms with Crippen LogP contribution in [0.25, 0.3) is 0 Å². The van der Waals surface area contributed by atoms with Crippen LogP contribution in [0, 0.1) is 11.6 Å². The predicted octanol–water partition coefficient (Wildman–Crippen LogP) is 2.65. The molecule has 1 aliphatic heterocycles. The fraction of sp³-hybridized carbons (Fsp3) is 0.250. The van der Waals surface area contributed by atoms with Crippen LogP contribution in [0.3, 0.4) is 0 Å². The molecule has 3 rings (SSSR count). The van der Waals surface area contributed by atoms with Gasteiger partial charge in [-0.05, 0) is 24.3 Å². The summed E-state index contributed by atoms with van der Waals surface area (Å²) in [6.45, 7) is -0.116. The molecule has 0 aromatic heterocycles. The molecule has 6 nitrogen and oxygen atoms in total. The molecule has 2 aromatic rings. The number of halogens is 3. The Kier molecular flexibility index (Phi) is 5.09. The van der Waals surface area contributed by atoms with Gasteiger partial charge in [-0.15, -0.1) is 0 Å². The molecule has 2 aromatic carbocycles. The van der Waals surface area contributed by atoms with E-state index in [0.717, 1.165) is 22.5 Å². The van der Waals surface area contributed by atoms with E-state index in [1.807, 2.05) is 0 Å². The van der Waals surface area contributed by atoms with Crippen molar-refractivity contribution in [2.75, 3.05) is 24.5 Å². The highest BCUT2D eigenvalue weighted by atomic mass is 79.9. The first-order valence-electron chi connectivity index (χ1n) is 7.50. The maximum absolute atomic E-state index is 14.3. The molecule has 26 heavy (non-hydrogen) atoms. The molecule has 10 heteroatoms. The molecule has 0 saturated heterocycles. The van der Waals surface area contributed by atoms with E-state index in [1.165, 1.54) is 19.2 Å². The lowest BCUT2D eigenvalue weighted by molar-refractivity contribution is 0.198. The van der Waals surface area contributed by atoms with Crippen molar-refractivity contribution in [2.45, 2.75) is 11.0 Å². The van der Waals surface area contributed by atoms with Crippen LogP contribution in [-0.2, 0) is 10.0 Å². The van der Waals surface area contributed by atoms with E-state index in [2.05, 4.69) is 15.9 Å². The Morgan fingerprint density at radius 3 is 2.69 bits per heavy atom. The minimum atomic E-state index is -4.14. The fourth-order valence-corrected chi connectivity index (χ4v) is 4.54.